The van der Waals surface area contributed by atoms with Crippen LogP contribution in [0.4, 0.5) is 0 Å². The summed E-state index contributed by atoms with van der Waals surface area (Å²) in [6.45, 7) is 4.52. The number of esters is 2. The van der Waals surface area contributed by atoms with E-state index in [-0.39, 0.29) is 38.6 Å². The zero-order valence-electron chi connectivity index (χ0n) is 36.2. The quantitative estimate of drug-likeness (QED) is 0.0218. The summed E-state index contributed by atoms with van der Waals surface area (Å²) in [4.78, 5) is 37.0. The molecule has 0 aliphatic heterocycles. The lowest BCUT2D eigenvalue weighted by Gasteiger charge is -2.25. The van der Waals surface area contributed by atoms with Gasteiger partial charge in [-0.2, -0.15) is 0 Å². The summed E-state index contributed by atoms with van der Waals surface area (Å²) in [6.07, 6.45) is 47.6. The molecule has 0 aromatic rings. The van der Waals surface area contributed by atoms with Crippen molar-refractivity contribution >= 4 is 17.9 Å². The van der Waals surface area contributed by atoms with E-state index < -0.39 is 24.3 Å². The van der Waals surface area contributed by atoms with Crippen molar-refractivity contribution in [1.29, 1.82) is 0 Å². The SMILES string of the molecule is CC/C=C\C/C=C\C/C=C\C/C=C\C/C=C\CCCC(=O)OC(COC(=O)CCCCCCC/C=C\C/C=C\C/C=C\CC)COC(OCC[N+](C)(C)C)C(=O)O. The van der Waals surface area contributed by atoms with Gasteiger partial charge in [0.05, 0.1) is 34.4 Å². The second kappa shape index (κ2) is 39.1. The smallest absolute Gasteiger partial charge is 0.361 e. The molecule has 57 heavy (non-hydrogen) atoms. The predicted molar refractivity (Wildman–Crippen MR) is 235 cm³/mol. The van der Waals surface area contributed by atoms with Crippen molar-refractivity contribution in [2.45, 2.75) is 142 Å². The largest absolute Gasteiger partial charge is 0.477 e. The van der Waals surface area contributed by atoms with Crippen LogP contribution in [0.3, 0.4) is 0 Å². The Bertz CT molecular complexity index is 1250. The Hall–Kier alpha value is -3.79. The molecule has 2 atom stereocenters. The summed E-state index contributed by atoms with van der Waals surface area (Å²) in [6, 6.07) is 0. The summed E-state index contributed by atoms with van der Waals surface area (Å²) in [7, 11) is 5.91. The van der Waals surface area contributed by atoms with Crippen LogP contribution >= 0.6 is 0 Å². The molecule has 9 heteroatoms. The number of hydrogen-bond acceptors (Lipinski definition) is 7. The number of aliphatic carboxylic acids is 1. The van der Waals surface area contributed by atoms with Crippen molar-refractivity contribution < 1.29 is 42.9 Å². The fourth-order valence-corrected chi connectivity index (χ4v) is 5.06. The fourth-order valence-electron chi connectivity index (χ4n) is 5.06. The van der Waals surface area contributed by atoms with E-state index >= 15 is 0 Å². The van der Waals surface area contributed by atoms with Crippen LogP contribution < -0.4 is 0 Å². The van der Waals surface area contributed by atoms with Gasteiger partial charge in [0, 0.05) is 12.8 Å². The lowest BCUT2D eigenvalue weighted by molar-refractivity contribution is -0.870. The Labute approximate surface area is 346 Å². The lowest BCUT2D eigenvalue weighted by atomic mass is 10.1. The minimum Gasteiger partial charge on any atom is -0.477 e. The van der Waals surface area contributed by atoms with Crippen molar-refractivity contribution in [1.82, 2.24) is 0 Å². The third-order valence-electron chi connectivity index (χ3n) is 8.34. The summed E-state index contributed by atoms with van der Waals surface area (Å²) >= 11 is 0. The number of carboxylic acids is 1. The van der Waals surface area contributed by atoms with Crippen LogP contribution in [-0.2, 0) is 33.3 Å². The van der Waals surface area contributed by atoms with Gasteiger partial charge in [0.2, 0.25) is 0 Å². The van der Waals surface area contributed by atoms with E-state index in [2.05, 4.69) is 105 Å². The summed E-state index contributed by atoms with van der Waals surface area (Å²) in [5.41, 5.74) is 0. The number of ether oxygens (including phenoxy) is 4. The molecule has 0 heterocycles. The molecule has 0 aromatic heterocycles. The van der Waals surface area contributed by atoms with Gasteiger partial charge in [-0.1, -0.05) is 130 Å². The molecule has 0 rings (SSSR count). The highest BCUT2D eigenvalue weighted by Crippen LogP contribution is 2.11. The fraction of sp³-hybridized carbons (Fsp3) is 0.604. The van der Waals surface area contributed by atoms with E-state index in [1.807, 2.05) is 27.2 Å². The van der Waals surface area contributed by atoms with Gasteiger partial charge in [-0.3, -0.25) is 9.59 Å². The molecule has 0 saturated carbocycles. The third kappa shape index (κ3) is 40.2. The van der Waals surface area contributed by atoms with Crippen LogP contribution in [-0.4, -0.2) is 87.4 Å². The average Bonchev–Trinajstić information content (AvgIpc) is 3.17. The molecule has 9 nitrogen and oxygen atoms in total. The van der Waals surface area contributed by atoms with Gasteiger partial charge in [-0.25, -0.2) is 4.79 Å². The van der Waals surface area contributed by atoms with E-state index in [4.69, 9.17) is 18.9 Å². The van der Waals surface area contributed by atoms with E-state index in [1.165, 1.54) is 0 Å². The number of carboxylic acid groups (broad SMARTS) is 1. The maximum Gasteiger partial charge on any atom is 0.361 e. The highest BCUT2D eigenvalue weighted by atomic mass is 16.7. The second-order valence-electron chi connectivity index (χ2n) is 14.9. The van der Waals surface area contributed by atoms with Crippen LogP contribution in [0.1, 0.15) is 129 Å². The number of likely N-dealkylation sites (N-methyl/N-ethyl adjacent to an activating group) is 1. The molecule has 0 amide bonds. The van der Waals surface area contributed by atoms with Crippen molar-refractivity contribution in [3.63, 3.8) is 0 Å². The number of unbranched alkanes of at least 4 members (excludes halogenated alkanes) is 6. The minimum atomic E-state index is -1.53. The van der Waals surface area contributed by atoms with Crippen molar-refractivity contribution in [2.75, 3.05) is 47.5 Å². The van der Waals surface area contributed by atoms with Crippen molar-refractivity contribution in [3.05, 3.63) is 97.2 Å². The molecular weight excluding hydrogens is 719 g/mol. The summed E-state index contributed by atoms with van der Waals surface area (Å²) in [5.74, 6) is -2.13. The molecule has 0 aromatic carbocycles. The molecule has 0 fully saturated rings. The Morgan fingerprint density at radius 3 is 1.46 bits per heavy atom. The van der Waals surface area contributed by atoms with E-state index in [0.29, 0.717) is 30.3 Å². The number of allylic oxidation sites excluding steroid dienone is 16. The summed E-state index contributed by atoms with van der Waals surface area (Å²) in [5, 5.41) is 9.62. The number of nitrogens with zero attached hydrogens (tertiary/aromatic N) is 1. The third-order valence-corrected chi connectivity index (χ3v) is 8.34. The van der Waals surface area contributed by atoms with E-state index in [1.54, 1.807) is 0 Å². The van der Waals surface area contributed by atoms with Crippen molar-refractivity contribution in [3.8, 4) is 0 Å². The number of quaternary nitrogens is 1. The maximum atomic E-state index is 12.7. The second-order valence-corrected chi connectivity index (χ2v) is 14.9. The highest BCUT2D eigenvalue weighted by Gasteiger charge is 2.25. The van der Waals surface area contributed by atoms with Gasteiger partial charge in [-0.15, -0.1) is 0 Å². The average molecular weight is 797 g/mol. The molecule has 1 N–H and O–H groups in total. The molecule has 0 bridgehead atoms. The van der Waals surface area contributed by atoms with Gasteiger partial charge in [0.15, 0.2) is 6.10 Å². The summed E-state index contributed by atoms with van der Waals surface area (Å²) < 4.78 is 22.6. The molecule has 2 unspecified atom stereocenters. The Balaban J connectivity index is 4.63. The number of rotatable bonds is 37. The highest BCUT2D eigenvalue weighted by molar-refractivity contribution is 5.71. The molecule has 322 valence electrons. The minimum absolute atomic E-state index is 0.168. The van der Waals surface area contributed by atoms with Gasteiger partial charge < -0.3 is 28.5 Å². The number of carbonyl (C=O) groups is 3. The standard InChI is InChI=1S/C48H77NO8/c1-6-8-10-12-14-16-18-20-22-23-25-27-29-31-33-35-37-39-46(51)57-44(43-56-48(47(52)53)54-41-40-49(3,4)5)42-55-45(50)38-36-34-32-30-28-26-24-21-19-17-15-13-11-9-7-2/h8-11,14-17,20-22,24-25,27,31,33,44,48H,6-7,12-13,18-19,23,26,28-30,32,34-43H2,1-5H3/p+1/b10-8-,11-9-,16-14-,17-15-,22-20-,24-21-,27-25-,33-31-. The van der Waals surface area contributed by atoms with E-state index in [9.17, 15) is 19.5 Å². The number of carbonyl (C=O) groups excluding carboxylic acids is 2. The van der Waals surface area contributed by atoms with Gasteiger partial charge in [0.1, 0.15) is 13.2 Å². The van der Waals surface area contributed by atoms with Crippen molar-refractivity contribution in [2.24, 2.45) is 0 Å². The van der Waals surface area contributed by atoms with Crippen LogP contribution in [0, 0.1) is 0 Å². The monoisotopic (exact) mass is 797 g/mol. The van der Waals surface area contributed by atoms with Gasteiger partial charge in [0.25, 0.3) is 6.29 Å². The lowest BCUT2D eigenvalue weighted by Crippen LogP contribution is -2.40. The maximum absolute atomic E-state index is 12.7. The Kier molecular flexibility index (Phi) is 36.5. The van der Waals surface area contributed by atoms with E-state index in [0.717, 1.165) is 83.5 Å². The van der Waals surface area contributed by atoms with Crippen LogP contribution in [0.15, 0.2) is 97.2 Å². The van der Waals surface area contributed by atoms with Crippen LogP contribution in [0.5, 0.6) is 0 Å². The first-order valence-corrected chi connectivity index (χ1v) is 21.4. The first-order valence-electron chi connectivity index (χ1n) is 21.4. The zero-order valence-corrected chi connectivity index (χ0v) is 36.2. The van der Waals surface area contributed by atoms with Gasteiger partial charge in [-0.05, 0) is 83.5 Å². The zero-order chi connectivity index (χ0) is 42.1. The normalized spacial score (nSPS) is 13.9. The molecule has 0 aliphatic carbocycles. The Morgan fingerprint density at radius 2 is 0.965 bits per heavy atom. The first-order chi connectivity index (χ1) is 27.6. The first kappa shape index (κ1) is 53.2. The Morgan fingerprint density at radius 1 is 0.526 bits per heavy atom. The molecular formula is C48H78NO8+. The predicted octanol–water partition coefficient (Wildman–Crippen LogP) is 11.1. The molecule has 0 saturated heterocycles. The van der Waals surface area contributed by atoms with Crippen LogP contribution in [0.25, 0.3) is 0 Å². The van der Waals surface area contributed by atoms with Gasteiger partial charge >= 0.3 is 17.9 Å². The van der Waals surface area contributed by atoms with Crippen LogP contribution in [0.2, 0.25) is 0 Å². The topological polar surface area (TPSA) is 108 Å². The number of hydrogen-bond donors (Lipinski definition) is 1. The molecule has 0 radical (unpaired) electrons. The molecule has 0 spiro atoms. The molecule has 0 aliphatic rings.